The van der Waals surface area contributed by atoms with Crippen molar-refractivity contribution in [2.45, 2.75) is 25.3 Å². The van der Waals surface area contributed by atoms with Gasteiger partial charge in [-0.15, -0.1) is 0 Å². The molecular weight excluding hydrogens is 478 g/mol. The number of nitrogens with one attached hydrogen (secondary N) is 2. The second-order valence-electron chi connectivity index (χ2n) is 8.70. The number of anilines is 1. The number of benzene rings is 1. The van der Waals surface area contributed by atoms with Gasteiger partial charge in [-0.3, -0.25) is 9.48 Å². The van der Waals surface area contributed by atoms with Crippen LogP contribution in [-0.4, -0.2) is 43.5 Å². The molecule has 37 heavy (non-hydrogen) atoms. The Morgan fingerprint density at radius 1 is 1.00 bits per heavy atom. The zero-order valence-corrected chi connectivity index (χ0v) is 20.3. The molecule has 0 saturated heterocycles. The number of nitrogens with zero attached hydrogens (tertiary/aromatic N) is 6. The van der Waals surface area contributed by atoms with Crippen molar-refractivity contribution in [3.63, 3.8) is 0 Å². The van der Waals surface area contributed by atoms with Crippen LogP contribution in [0.15, 0.2) is 67.4 Å². The van der Waals surface area contributed by atoms with Crippen LogP contribution in [0.3, 0.4) is 0 Å². The number of hydrogen-bond acceptors (Lipinski definition) is 6. The summed E-state index contributed by atoms with van der Waals surface area (Å²) in [6, 6.07) is 12.9. The fourth-order valence-corrected chi connectivity index (χ4v) is 3.88. The van der Waals surface area contributed by atoms with Gasteiger partial charge in [0, 0.05) is 55.4 Å². The lowest BCUT2D eigenvalue weighted by Gasteiger charge is -2.18. The Morgan fingerprint density at radius 3 is 2.38 bits per heavy atom. The Hall–Kier alpha value is -4.43. The molecule has 1 aromatic carbocycles. The summed E-state index contributed by atoms with van der Waals surface area (Å²) in [6.07, 6.45) is 7.53. The third kappa shape index (κ3) is 6.42. The standard InChI is InChI=1S/C26H26F2N8O/c1-17(19-5-3-18(9-29)4-6-19)10-30-14-23(22-13-32-35(2)15-22)25(37)34-24-8-7-20(11-31-24)21-12-33-36(16-21)26(27)28/h3-8,11-13,15-17,23,26,30H,10,14H2,1-2H3,(H,31,34,37)/t17-,23?/m1/s1. The second-order valence-corrected chi connectivity index (χ2v) is 8.70. The summed E-state index contributed by atoms with van der Waals surface area (Å²) in [5.74, 6) is -0.256. The van der Waals surface area contributed by atoms with Gasteiger partial charge in [-0.1, -0.05) is 19.1 Å². The van der Waals surface area contributed by atoms with Gasteiger partial charge in [0.1, 0.15) is 5.82 Å². The van der Waals surface area contributed by atoms with Crippen molar-refractivity contribution in [1.29, 1.82) is 5.26 Å². The molecule has 0 saturated carbocycles. The molecule has 0 spiro atoms. The van der Waals surface area contributed by atoms with Crippen LogP contribution in [-0.2, 0) is 11.8 Å². The highest BCUT2D eigenvalue weighted by molar-refractivity contribution is 5.95. The molecule has 3 heterocycles. The zero-order chi connectivity index (χ0) is 26.4. The topological polar surface area (TPSA) is 113 Å². The first-order valence-electron chi connectivity index (χ1n) is 11.6. The van der Waals surface area contributed by atoms with E-state index in [1.54, 1.807) is 48.4 Å². The summed E-state index contributed by atoms with van der Waals surface area (Å²) in [5.41, 5.74) is 3.57. The highest BCUT2D eigenvalue weighted by Crippen LogP contribution is 2.23. The number of hydrogen-bond donors (Lipinski definition) is 2. The number of aryl methyl sites for hydroxylation is 1. The van der Waals surface area contributed by atoms with E-state index >= 15 is 0 Å². The molecule has 0 radical (unpaired) electrons. The first kappa shape index (κ1) is 25.7. The van der Waals surface area contributed by atoms with Crippen molar-refractivity contribution in [2.24, 2.45) is 7.05 Å². The van der Waals surface area contributed by atoms with E-state index < -0.39 is 12.5 Å². The predicted molar refractivity (Wildman–Crippen MR) is 134 cm³/mol. The molecule has 11 heteroatoms. The van der Waals surface area contributed by atoms with Crippen LogP contribution in [0.25, 0.3) is 11.1 Å². The van der Waals surface area contributed by atoms with Crippen molar-refractivity contribution >= 4 is 11.7 Å². The summed E-state index contributed by atoms with van der Waals surface area (Å²) in [4.78, 5) is 17.5. The number of nitriles is 1. The number of amides is 1. The minimum Gasteiger partial charge on any atom is -0.315 e. The third-order valence-electron chi connectivity index (χ3n) is 6.00. The molecule has 2 atom stereocenters. The minimum atomic E-state index is -2.72. The molecule has 1 unspecified atom stereocenters. The van der Waals surface area contributed by atoms with Gasteiger partial charge in [0.05, 0.1) is 29.9 Å². The maximum Gasteiger partial charge on any atom is 0.333 e. The Kier molecular flexibility index (Phi) is 8.00. The van der Waals surface area contributed by atoms with Gasteiger partial charge in [-0.2, -0.15) is 24.2 Å². The molecular formula is C26H26F2N8O. The number of aromatic nitrogens is 5. The fourth-order valence-electron chi connectivity index (χ4n) is 3.88. The number of carbonyl (C=O) groups is 1. The van der Waals surface area contributed by atoms with Crippen LogP contribution in [0.4, 0.5) is 14.6 Å². The molecule has 0 aliphatic heterocycles. The van der Waals surface area contributed by atoms with E-state index in [2.05, 4.69) is 38.8 Å². The first-order valence-corrected chi connectivity index (χ1v) is 11.6. The molecule has 190 valence electrons. The number of carbonyl (C=O) groups excluding carboxylic acids is 1. The minimum absolute atomic E-state index is 0.175. The maximum absolute atomic E-state index is 13.2. The van der Waals surface area contributed by atoms with Crippen molar-refractivity contribution < 1.29 is 13.6 Å². The average molecular weight is 505 g/mol. The number of alkyl halides is 2. The van der Waals surface area contributed by atoms with Crippen LogP contribution in [0, 0.1) is 11.3 Å². The van der Waals surface area contributed by atoms with E-state index in [0.717, 1.165) is 11.1 Å². The highest BCUT2D eigenvalue weighted by Gasteiger charge is 2.23. The smallest absolute Gasteiger partial charge is 0.315 e. The van der Waals surface area contributed by atoms with Gasteiger partial charge in [-0.25, -0.2) is 9.67 Å². The lowest BCUT2D eigenvalue weighted by molar-refractivity contribution is -0.117. The summed E-state index contributed by atoms with van der Waals surface area (Å²) in [5, 5.41) is 23.0. The summed E-state index contributed by atoms with van der Waals surface area (Å²) < 4.78 is 27.8. The van der Waals surface area contributed by atoms with Crippen molar-refractivity contribution in [2.75, 3.05) is 18.4 Å². The van der Waals surface area contributed by atoms with Gasteiger partial charge >= 0.3 is 6.55 Å². The summed E-state index contributed by atoms with van der Waals surface area (Å²) in [7, 11) is 1.79. The molecule has 4 aromatic rings. The zero-order valence-electron chi connectivity index (χ0n) is 20.3. The predicted octanol–water partition coefficient (Wildman–Crippen LogP) is 4.06. The number of rotatable bonds is 10. The highest BCUT2D eigenvalue weighted by atomic mass is 19.3. The van der Waals surface area contributed by atoms with Gasteiger partial charge < -0.3 is 10.6 Å². The average Bonchev–Trinajstić information content (AvgIpc) is 3.57. The van der Waals surface area contributed by atoms with E-state index in [0.29, 0.717) is 40.3 Å². The van der Waals surface area contributed by atoms with Crippen molar-refractivity contribution in [3.8, 4) is 17.2 Å². The molecule has 0 bridgehead atoms. The van der Waals surface area contributed by atoms with E-state index in [4.69, 9.17) is 5.26 Å². The Morgan fingerprint density at radius 2 is 1.78 bits per heavy atom. The lowest BCUT2D eigenvalue weighted by Crippen LogP contribution is -2.32. The molecule has 0 fully saturated rings. The van der Waals surface area contributed by atoms with Gasteiger partial charge in [0.2, 0.25) is 5.91 Å². The van der Waals surface area contributed by atoms with Crippen LogP contribution in [0.2, 0.25) is 0 Å². The van der Waals surface area contributed by atoms with Crippen LogP contribution in [0.5, 0.6) is 0 Å². The van der Waals surface area contributed by atoms with E-state index in [9.17, 15) is 13.6 Å². The van der Waals surface area contributed by atoms with E-state index in [-0.39, 0.29) is 11.8 Å². The van der Waals surface area contributed by atoms with Crippen LogP contribution in [0.1, 0.15) is 42.0 Å². The molecule has 0 aliphatic rings. The molecule has 1 amide bonds. The Balaban J connectivity index is 1.40. The van der Waals surface area contributed by atoms with Crippen molar-refractivity contribution in [1.82, 2.24) is 29.9 Å². The summed E-state index contributed by atoms with van der Waals surface area (Å²) in [6.45, 7) is 0.368. The molecule has 3 aromatic heterocycles. The molecule has 4 rings (SSSR count). The van der Waals surface area contributed by atoms with Crippen molar-refractivity contribution in [3.05, 3.63) is 84.1 Å². The van der Waals surface area contributed by atoms with Crippen LogP contribution >= 0.6 is 0 Å². The Bertz CT molecular complexity index is 1370. The quantitative estimate of drug-likeness (QED) is 0.337. The fraction of sp³-hybridized carbons (Fsp3) is 0.269. The largest absolute Gasteiger partial charge is 0.333 e. The molecule has 0 aliphatic carbocycles. The van der Waals surface area contributed by atoms with Gasteiger partial charge in [0.25, 0.3) is 0 Å². The number of pyridine rings is 1. The number of halogens is 2. The van der Waals surface area contributed by atoms with Gasteiger partial charge in [0.15, 0.2) is 0 Å². The molecule has 2 N–H and O–H groups in total. The SMILES string of the molecule is C[C@H](CNCC(C(=O)Nc1ccc(-c2cnn(C(F)F)c2)cn1)c1cnn(C)c1)c1ccc(C#N)cc1. The first-order chi connectivity index (χ1) is 17.8. The third-order valence-corrected chi connectivity index (χ3v) is 6.00. The van der Waals surface area contributed by atoms with Gasteiger partial charge in [-0.05, 0) is 35.7 Å². The van der Waals surface area contributed by atoms with Crippen LogP contribution < -0.4 is 10.6 Å². The normalized spacial score (nSPS) is 12.8. The summed E-state index contributed by atoms with van der Waals surface area (Å²) >= 11 is 0. The van der Waals surface area contributed by atoms with E-state index in [1.807, 2.05) is 12.1 Å². The monoisotopic (exact) mass is 504 g/mol. The lowest BCUT2D eigenvalue weighted by atomic mass is 9.98. The van der Waals surface area contributed by atoms with E-state index in [1.165, 1.54) is 18.6 Å². The molecule has 9 nitrogen and oxygen atoms in total. The second kappa shape index (κ2) is 11.5. The maximum atomic E-state index is 13.2. The Labute approximate surface area is 212 Å².